The first-order valence-corrected chi connectivity index (χ1v) is 13.1. The van der Waals surface area contributed by atoms with Crippen molar-refractivity contribution in [1.29, 1.82) is 0 Å². The van der Waals surface area contributed by atoms with Crippen LogP contribution in [0.15, 0.2) is 17.2 Å². The number of amides is 2. The molecule has 0 aromatic carbocycles. The van der Waals surface area contributed by atoms with Gasteiger partial charge in [-0.3, -0.25) is 14.4 Å². The third kappa shape index (κ3) is 6.46. The van der Waals surface area contributed by atoms with Gasteiger partial charge in [-0.15, -0.1) is 0 Å². The van der Waals surface area contributed by atoms with E-state index in [-0.39, 0.29) is 35.1 Å². The lowest BCUT2D eigenvalue weighted by atomic mass is 9.96. The smallest absolute Gasteiger partial charge is 0.259 e. The number of ether oxygens (including phenoxy) is 1. The van der Waals surface area contributed by atoms with Crippen LogP contribution in [-0.4, -0.2) is 53.1 Å². The number of hydrogen-bond acceptors (Lipinski definition) is 4. The molecule has 1 aliphatic carbocycles. The van der Waals surface area contributed by atoms with E-state index in [0.29, 0.717) is 19.6 Å². The van der Waals surface area contributed by atoms with E-state index in [2.05, 4.69) is 5.32 Å². The Morgan fingerprint density at radius 1 is 0.848 bits per heavy atom. The molecule has 4 rings (SSSR count). The molecule has 33 heavy (non-hydrogen) atoms. The van der Waals surface area contributed by atoms with Gasteiger partial charge in [-0.2, -0.15) is 0 Å². The highest BCUT2D eigenvalue weighted by atomic mass is 16.5. The fraction of sp³-hybridized carbons (Fsp3) is 0.731. The monoisotopic (exact) mass is 457 g/mol. The van der Waals surface area contributed by atoms with Crippen LogP contribution in [0.25, 0.3) is 0 Å². The fourth-order valence-electron chi connectivity index (χ4n) is 5.38. The minimum absolute atomic E-state index is 0.0511. The lowest BCUT2D eigenvalue weighted by molar-refractivity contribution is 0.0756. The summed E-state index contributed by atoms with van der Waals surface area (Å²) in [4.78, 5) is 41.8. The minimum atomic E-state index is -0.448. The van der Waals surface area contributed by atoms with E-state index in [1.54, 1.807) is 17.3 Å². The predicted octanol–water partition coefficient (Wildman–Crippen LogP) is 3.89. The van der Waals surface area contributed by atoms with Gasteiger partial charge in [0.1, 0.15) is 11.1 Å². The van der Waals surface area contributed by atoms with Gasteiger partial charge in [-0.25, -0.2) is 0 Å². The van der Waals surface area contributed by atoms with E-state index in [9.17, 15) is 14.4 Å². The molecule has 182 valence electrons. The molecule has 3 fully saturated rings. The zero-order chi connectivity index (χ0) is 23.0. The molecule has 7 heteroatoms. The number of carbonyl (C=O) groups is 2. The molecule has 2 aliphatic heterocycles. The number of hydrogen-bond donors (Lipinski definition) is 1. The highest BCUT2D eigenvalue weighted by Gasteiger charge is 2.26. The molecule has 1 aromatic heterocycles. The first-order valence-electron chi connectivity index (χ1n) is 13.1. The van der Waals surface area contributed by atoms with E-state index >= 15 is 0 Å². The first kappa shape index (κ1) is 24.0. The number of rotatable bonds is 5. The molecule has 0 bridgehead atoms. The Balaban J connectivity index is 1.59. The van der Waals surface area contributed by atoms with Crippen molar-refractivity contribution < 1.29 is 14.3 Å². The van der Waals surface area contributed by atoms with E-state index in [0.717, 1.165) is 70.8 Å². The lowest BCUT2D eigenvalue weighted by Gasteiger charge is -2.23. The highest BCUT2D eigenvalue weighted by Crippen LogP contribution is 2.19. The van der Waals surface area contributed by atoms with Gasteiger partial charge in [0.2, 0.25) is 5.43 Å². The van der Waals surface area contributed by atoms with Crippen LogP contribution in [0.5, 0.6) is 0 Å². The van der Waals surface area contributed by atoms with Gasteiger partial charge in [0, 0.05) is 44.7 Å². The average Bonchev–Trinajstić information content (AvgIpc) is 3.14. The molecule has 2 saturated heterocycles. The molecule has 3 aliphatic rings. The predicted molar refractivity (Wildman–Crippen MR) is 128 cm³/mol. The second-order valence-corrected chi connectivity index (χ2v) is 9.97. The van der Waals surface area contributed by atoms with Crippen molar-refractivity contribution in [3.05, 3.63) is 33.7 Å². The van der Waals surface area contributed by atoms with Crippen LogP contribution in [0.3, 0.4) is 0 Å². The maximum atomic E-state index is 13.4. The third-order valence-corrected chi connectivity index (χ3v) is 7.33. The van der Waals surface area contributed by atoms with Crippen LogP contribution in [0.4, 0.5) is 0 Å². The minimum Gasteiger partial charge on any atom is -0.376 e. The summed E-state index contributed by atoms with van der Waals surface area (Å²) in [5.74, 6) is -0.597. The molecule has 2 amide bonds. The Hall–Kier alpha value is -2.15. The van der Waals surface area contributed by atoms with Gasteiger partial charge in [-0.1, -0.05) is 44.9 Å². The van der Waals surface area contributed by atoms with E-state index in [1.165, 1.54) is 19.3 Å². The molecular weight excluding hydrogens is 418 g/mol. The maximum absolute atomic E-state index is 13.4. The molecule has 1 atom stereocenters. The van der Waals surface area contributed by atoms with Crippen molar-refractivity contribution in [1.82, 2.24) is 14.8 Å². The standard InChI is InChI=1S/C26H39N3O4/c30-24-22(25(31)27-20-11-6-2-1-3-7-12-20)18-28(17-21-13-10-16-33-21)19-23(24)26(32)29-14-8-4-5-9-15-29/h18-21H,1-17H2,(H,27,31)/t21-/m1/s1. The van der Waals surface area contributed by atoms with Crippen molar-refractivity contribution in [2.24, 2.45) is 0 Å². The van der Waals surface area contributed by atoms with Crippen LogP contribution < -0.4 is 10.7 Å². The van der Waals surface area contributed by atoms with Crippen molar-refractivity contribution >= 4 is 11.8 Å². The van der Waals surface area contributed by atoms with E-state index in [4.69, 9.17) is 4.74 Å². The van der Waals surface area contributed by atoms with Crippen LogP contribution in [0.2, 0.25) is 0 Å². The largest absolute Gasteiger partial charge is 0.376 e. The summed E-state index contributed by atoms with van der Waals surface area (Å²) in [5.41, 5.74) is -0.257. The van der Waals surface area contributed by atoms with Crippen molar-refractivity contribution in [2.75, 3.05) is 19.7 Å². The first-order chi connectivity index (χ1) is 16.1. The third-order valence-electron chi connectivity index (χ3n) is 7.33. The lowest BCUT2D eigenvalue weighted by Crippen LogP contribution is -2.41. The molecule has 0 spiro atoms. The van der Waals surface area contributed by atoms with Crippen LogP contribution in [-0.2, 0) is 11.3 Å². The van der Waals surface area contributed by atoms with Crippen molar-refractivity contribution in [2.45, 2.75) is 102 Å². The van der Waals surface area contributed by atoms with Gasteiger partial charge >= 0.3 is 0 Å². The van der Waals surface area contributed by atoms with Gasteiger partial charge < -0.3 is 19.5 Å². The summed E-state index contributed by atoms with van der Waals surface area (Å²) in [6, 6.07) is 0.0915. The SMILES string of the molecule is O=C(NC1CCCCCCC1)c1cn(C[C@H]2CCCO2)cc(C(=O)N2CCCCCC2)c1=O. The number of likely N-dealkylation sites (tertiary alicyclic amines) is 1. The number of aromatic nitrogens is 1. The Bertz CT molecular complexity index is 859. The van der Waals surface area contributed by atoms with Gasteiger partial charge in [0.25, 0.3) is 11.8 Å². The van der Waals surface area contributed by atoms with Gasteiger partial charge in [0.15, 0.2) is 0 Å². The van der Waals surface area contributed by atoms with Gasteiger partial charge in [0.05, 0.1) is 6.10 Å². The van der Waals surface area contributed by atoms with Gasteiger partial charge in [-0.05, 0) is 38.5 Å². The Kier molecular flexibility index (Phi) is 8.59. The normalized spacial score (nSPS) is 22.9. The molecule has 1 saturated carbocycles. The Morgan fingerprint density at radius 3 is 2.15 bits per heavy atom. The zero-order valence-electron chi connectivity index (χ0n) is 19.9. The molecule has 0 radical (unpaired) electrons. The summed E-state index contributed by atoms with van der Waals surface area (Å²) in [7, 11) is 0. The second kappa shape index (κ2) is 11.8. The number of pyridine rings is 1. The summed E-state index contributed by atoms with van der Waals surface area (Å²) < 4.78 is 7.60. The average molecular weight is 458 g/mol. The summed E-state index contributed by atoms with van der Waals surface area (Å²) in [5, 5.41) is 3.11. The second-order valence-electron chi connectivity index (χ2n) is 9.97. The molecule has 7 nitrogen and oxygen atoms in total. The van der Waals surface area contributed by atoms with Crippen LogP contribution in [0, 0.1) is 0 Å². The maximum Gasteiger partial charge on any atom is 0.259 e. The molecule has 1 N–H and O–H groups in total. The summed E-state index contributed by atoms with van der Waals surface area (Å²) in [6.07, 6.45) is 17.2. The van der Waals surface area contributed by atoms with E-state index in [1.807, 2.05) is 4.57 Å². The fourth-order valence-corrected chi connectivity index (χ4v) is 5.38. The van der Waals surface area contributed by atoms with Crippen LogP contribution >= 0.6 is 0 Å². The number of carbonyl (C=O) groups excluding carboxylic acids is 2. The Morgan fingerprint density at radius 2 is 1.48 bits per heavy atom. The molecule has 1 aromatic rings. The number of nitrogens with zero attached hydrogens (tertiary/aromatic N) is 2. The molecule has 3 heterocycles. The quantitative estimate of drug-likeness (QED) is 0.728. The zero-order valence-corrected chi connectivity index (χ0v) is 19.9. The van der Waals surface area contributed by atoms with Crippen molar-refractivity contribution in [3.8, 4) is 0 Å². The molecular formula is C26H39N3O4. The van der Waals surface area contributed by atoms with Crippen LogP contribution in [0.1, 0.15) is 104 Å². The van der Waals surface area contributed by atoms with Crippen molar-refractivity contribution in [3.63, 3.8) is 0 Å². The highest BCUT2D eigenvalue weighted by molar-refractivity contribution is 5.99. The summed E-state index contributed by atoms with van der Waals surface area (Å²) in [6.45, 7) is 2.62. The summed E-state index contributed by atoms with van der Waals surface area (Å²) >= 11 is 0. The number of nitrogens with one attached hydrogen (secondary N) is 1. The molecule has 0 unspecified atom stereocenters. The van der Waals surface area contributed by atoms with E-state index < -0.39 is 5.43 Å². The topological polar surface area (TPSA) is 80.6 Å². The Labute approximate surface area is 196 Å².